The molecule has 0 saturated carbocycles. The summed E-state index contributed by atoms with van der Waals surface area (Å²) < 4.78 is 5.48. The first-order valence-electron chi connectivity index (χ1n) is 7.99. The van der Waals surface area contributed by atoms with E-state index in [2.05, 4.69) is 10.6 Å². The van der Waals surface area contributed by atoms with Crippen molar-refractivity contribution in [2.75, 3.05) is 18.5 Å². The standard InChI is InChI=1S/C17H24N2O4/c1-3-11(2)15(9-20)19-17(22)10-23-13-6-4-12-5-7-16(21)18-14(12)8-13/h4,6,8,11,15,20H,3,5,7,9-10H2,1-2H3,(H,18,21)(H,19,22)/t11-,15+/m1/s1. The average molecular weight is 320 g/mol. The van der Waals surface area contributed by atoms with Gasteiger partial charge in [0.1, 0.15) is 5.75 Å². The molecule has 23 heavy (non-hydrogen) atoms. The molecule has 1 aliphatic rings. The van der Waals surface area contributed by atoms with Gasteiger partial charge in [0.05, 0.1) is 12.6 Å². The summed E-state index contributed by atoms with van der Waals surface area (Å²) in [6, 6.07) is 5.16. The maximum atomic E-state index is 11.9. The zero-order valence-corrected chi connectivity index (χ0v) is 13.6. The zero-order valence-electron chi connectivity index (χ0n) is 13.6. The van der Waals surface area contributed by atoms with Crippen LogP contribution < -0.4 is 15.4 Å². The van der Waals surface area contributed by atoms with Crippen molar-refractivity contribution < 1.29 is 19.4 Å². The number of aliphatic hydroxyl groups excluding tert-OH is 1. The third-order valence-electron chi connectivity index (χ3n) is 4.22. The fourth-order valence-corrected chi connectivity index (χ4v) is 2.49. The van der Waals surface area contributed by atoms with Gasteiger partial charge in [-0.05, 0) is 24.0 Å². The molecular weight excluding hydrogens is 296 g/mol. The fourth-order valence-electron chi connectivity index (χ4n) is 2.49. The number of ether oxygens (including phenoxy) is 1. The molecule has 0 fully saturated rings. The molecular formula is C17H24N2O4. The van der Waals surface area contributed by atoms with Crippen molar-refractivity contribution in [2.45, 2.75) is 39.2 Å². The van der Waals surface area contributed by atoms with Crippen molar-refractivity contribution in [3.8, 4) is 5.75 Å². The van der Waals surface area contributed by atoms with E-state index in [-0.39, 0.29) is 37.0 Å². The second-order valence-electron chi connectivity index (χ2n) is 5.90. The van der Waals surface area contributed by atoms with Gasteiger partial charge in [0, 0.05) is 18.2 Å². The second kappa shape index (κ2) is 7.97. The minimum Gasteiger partial charge on any atom is -0.484 e. The van der Waals surface area contributed by atoms with Gasteiger partial charge in [-0.15, -0.1) is 0 Å². The molecule has 0 aliphatic carbocycles. The number of hydrogen-bond donors (Lipinski definition) is 3. The van der Waals surface area contributed by atoms with Crippen LogP contribution in [0.15, 0.2) is 18.2 Å². The number of aliphatic hydroxyl groups is 1. The van der Waals surface area contributed by atoms with Crippen molar-refractivity contribution in [1.29, 1.82) is 0 Å². The minimum absolute atomic E-state index is 0.00765. The smallest absolute Gasteiger partial charge is 0.258 e. The first-order chi connectivity index (χ1) is 11.0. The van der Waals surface area contributed by atoms with Crippen molar-refractivity contribution in [2.24, 2.45) is 5.92 Å². The van der Waals surface area contributed by atoms with Gasteiger partial charge in [0.15, 0.2) is 6.61 Å². The van der Waals surface area contributed by atoms with E-state index < -0.39 is 0 Å². The molecule has 126 valence electrons. The molecule has 6 nitrogen and oxygen atoms in total. The van der Waals surface area contributed by atoms with Crippen LogP contribution in [0, 0.1) is 5.92 Å². The Morgan fingerprint density at radius 1 is 1.43 bits per heavy atom. The molecule has 1 aromatic rings. The summed E-state index contributed by atoms with van der Waals surface area (Å²) in [7, 11) is 0. The molecule has 2 atom stereocenters. The number of fused-ring (bicyclic) bond motifs is 1. The summed E-state index contributed by atoms with van der Waals surface area (Å²) in [5.74, 6) is 0.450. The number of anilines is 1. The quantitative estimate of drug-likeness (QED) is 0.710. The molecule has 1 aliphatic heterocycles. The van der Waals surface area contributed by atoms with Gasteiger partial charge in [-0.1, -0.05) is 26.3 Å². The normalized spacial score (nSPS) is 16.0. The predicted octanol–water partition coefficient (Wildman–Crippen LogP) is 1.47. The number of rotatable bonds is 7. The Balaban J connectivity index is 1.89. The monoisotopic (exact) mass is 320 g/mol. The number of benzene rings is 1. The molecule has 0 aromatic heterocycles. The summed E-state index contributed by atoms with van der Waals surface area (Å²) in [6.07, 6.45) is 2.08. The molecule has 0 radical (unpaired) electrons. The fraction of sp³-hybridized carbons (Fsp3) is 0.529. The largest absolute Gasteiger partial charge is 0.484 e. The Hall–Kier alpha value is -2.08. The van der Waals surface area contributed by atoms with Crippen LogP contribution in [0.25, 0.3) is 0 Å². The number of hydrogen-bond acceptors (Lipinski definition) is 4. The average Bonchev–Trinajstić information content (AvgIpc) is 2.56. The minimum atomic E-state index is -0.272. The summed E-state index contributed by atoms with van der Waals surface area (Å²) in [6.45, 7) is 3.77. The molecule has 0 bridgehead atoms. The molecule has 3 N–H and O–H groups in total. The number of carbonyl (C=O) groups excluding carboxylic acids is 2. The first kappa shape index (κ1) is 17.3. The van der Waals surface area contributed by atoms with E-state index in [9.17, 15) is 14.7 Å². The SMILES string of the molecule is CC[C@@H](C)[C@H](CO)NC(=O)COc1ccc2c(c1)NC(=O)CC2. The lowest BCUT2D eigenvalue weighted by Gasteiger charge is -2.22. The maximum absolute atomic E-state index is 11.9. The highest BCUT2D eigenvalue weighted by molar-refractivity contribution is 5.94. The van der Waals surface area contributed by atoms with Gasteiger partial charge < -0.3 is 20.5 Å². The lowest BCUT2D eigenvalue weighted by atomic mass is 10.00. The number of carbonyl (C=O) groups is 2. The topological polar surface area (TPSA) is 87.7 Å². The lowest BCUT2D eigenvalue weighted by molar-refractivity contribution is -0.124. The summed E-state index contributed by atoms with van der Waals surface area (Å²) >= 11 is 0. The highest BCUT2D eigenvalue weighted by Gasteiger charge is 2.18. The van der Waals surface area contributed by atoms with Crippen LogP contribution in [0.4, 0.5) is 5.69 Å². The molecule has 0 saturated heterocycles. The number of nitrogens with one attached hydrogen (secondary N) is 2. The van der Waals surface area contributed by atoms with Gasteiger partial charge in [0.2, 0.25) is 5.91 Å². The van der Waals surface area contributed by atoms with E-state index in [4.69, 9.17) is 4.74 Å². The van der Waals surface area contributed by atoms with Crippen LogP contribution in [0.2, 0.25) is 0 Å². The van der Waals surface area contributed by atoms with E-state index in [1.54, 1.807) is 12.1 Å². The second-order valence-corrected chi connectivity index (χ2v) is 5.90. The summed E-state index contributed by atoms with van der Waals surface area (Å²) in [5, 5.41) is 14.9. The van der Waals surface area contributed by atoms with Crippen LogP contribution in [-0.4, -0.2) is 36.2 Å². The Labute approximate surface area is 136 Å². The van der Waals surface area contributed by atoms with Crippen molar-refractivity contribution >= 4 is 17.5 Å². The molecule has 0 spiro atoms. The van der Waals surface area contributed by atoms with Crippen molar-refractivity contribution in [1.82, 2.24) is 5.32 Å². The van der Waals surface area contributed by atoms with Gasteiger partial charge in [-0.3, -0.25) is 9.59 Å². The Kier molecular flexibility index (Phi) is 5.98. The Morgan fingerprint density at radius 3 is 2.91 bits per heavy atom. The Morgan fingerprint density at radius 2 is 2.22 bits per heavy atom. The van der Waals surface area contributed by atoms with E-state index >= 15 is 0 Å². The van der Waals surface area contributed by atoms with E-state index in [0.29, 0.717) is 12.2 Å². The van der Waals surface area contributed by atoms with Gasteiger partial charge >= 0.3 is 0 Å². The van der Waals surface area contributed by atoms with Crippen LogP contribution >= 0.6 is 0 Å². The van der Waals surface area contributed by atoms with Gasteiger partial charge in [-0.2, -0.15) is 0 Å². The van der Waals surface area contributed by atoms with Crippen LogP contribution in [0.1, 0.15) is 32.3 Å². The molecule has 6 heteroatoms. The Bertz CT molecular complexity index is 574. The van der Waals surface area contributed by atoms with Gasteiger partial charge in [0.25, 0.3) is 5.91 Å². The zero-order chi connectivity index (χ0) is 16.8. The first-order valence-corrected chi connectivity index (χ1v) is 7.99. The molecule has 2 amide bonds. The highest BCUT2D eigenvalue weighted by atomic mass is 16.5. The van der Waals surface area contributed by atoms with E-state index in [0.717, 1.165) is 24.1 Å². The number of aryl methyl sites for hydroxylation is 1. The van der Waals surface area contributed by atoms with Crippen LogP contribution in [0.3, 0.4) is 0 Å². The number of amides is 2. The van der Waals surface area contributed by atoms with Crippen molar-refractivity contribution in [3.05, 3.63) is 23.8 Å². The van der Waals surface area contributed by atoms with E-state index in [1.165, 1.54) is 0 Å². The van der Waals surface area contributed by atoms with Gasteiger partial charge in [-0.25, -0.2) is 0 Å². The molecule has 2 rings (SSSR count). The van der Waals surface area contributed by atoms with Crippen molar-refractivity contribution in [3.63, 3.8) is 0 Å². The third kappa shape index (κ3) is 4.69. The maximum Gasteiger partial charge on any atom is 0.258 e. The third-order valence-corrected chi connectivity index (χ3v) is 4.22. The summed E-state index contributed by atoms with van der Waals surface area (Å²) in [4.78, 5) is 23.3. The highest BCUT2D eigenvalue weighted by Crippen LogP contribution is 2.27. The molecule has 0 unspecified atom stereocenters. The van der Waals surface area contributed by atoms with Crippen LogP contribution in [-0.2, 0) is 16.0 Å². The molecule has 1 heterocycles. The molecule has 1 aromatic carbocycles. The van der Waals surface area contributed by atoms with E-state index in [1.807, 2.05) is 19.9 Å². The predicted molar refractivity (Wildman–Crippen MR) is 87.4 cm³/mol. The summed E-state index contributed by atoms with van der Waals surface area (Å²) in [5.41, 5.74) is 1.81. The lowest BCUT2D eigenvalue weighted by Crippen LogP contribution is -2.43. The van der Waals surface area contributed by atoms with Crippen LogP contribution in [0.5, 0.6) is 5.75 Å².